The molecular weight excluding hydrogens is 234 g/mol. The second-order valence-electron chi connectivity index (χ2n) is 4.07. The minimum Gasteiger partial charge on any atom is -0.481 e. The van der Waals surface area contributed by atoms with Crippen molar-refractivity contribution in [3.8, 4) is 0 Å². The number of imidazole rings is 1. The second kappa shape index (κ2) is 4.87. The Bertz CT molecular complexity index is 591. The Balaban J connectivity index is 2.08. The van der Waals surface area contributed by atoms with E-state index in [-0.39, 0.29) is 0 Å². The third-order valence-electron chi connectivity index (χ3n) is 2.63. The van der Waals surface area contributed by atoms with Gasteiger partial charge < -0.3 is 15.0 Å². The quantitative estimate of drug-likeness (QED) is 0.789. The molecule has 0 bridgehead atoms. The number of carbonyl (C=O) groups is 2. The van der Waals surface area contributed by atoms with E-state index in [9.17, 15) is 9.59 Å². The number of benzene rings is 1. The lowest BCUT2D eigenvalue weighted by Crippen LogP contribution is -2.28. The number of H-pyrrole nitrogens is 1. The first-order valence-electron chi connectivity index (χ1n) is 5.44. The van der Waals surface area contributed by atoms with Crippen LogP contribution in [0.5, 0.6) is 0 Å². The Labute approximate surface area is 103 Å². The van der Waals surface area contributed by atoms with Gasteiger partial charge in [0.1, 0.15) is 6.42 Å². The van der Waals surface area contributed by atoms with Crippen molar-refractivity contribution >= 4 is 22.9 Å². The average molecular weight is 247 g/mol. The first-order chi connectivity index (χ1) is 8.56. The predicted molar refractivity (Wildman–Crippen MR) is 64.8 cm³/mol. The van der Waals surface area contributed by atoms with E-state index < -0.39 is 18.3 Å². The highest BCUT2D eigenvalue weighted by Crippen LogP contribution is 2.13. The van der Waals surface area contributed by atoms with Crippen LogP contribution in [0.3, 0.4) is 0 Å². The number of rotatable bonds is 4. The van der Waals surface area contributed by atoms with Gasteiger partial charge in [0, 0.05) is 13.6 Å². The summed E-state index contributed by atoms with van der Waals surface area (Å²) < 4.78 is 0. The van der Waals surface area contributed by atoms with Gasteiger partial charge in [0.2, 0.25) is 5.91 Å². The molecule has 1 amide bonds. The Morgan fingerprint density at radius 2 is 2.22 bits per heavy atom. The molecule has 18 heavy (non-hydrogen) atoms. The molecule has 1 aromatic heterocycles. The Morgan fingerprint density at radius 3 is 2.94 bits per heavy atom. The molecule has 0 spiro atoms. The van der Waals surface area contributed by atoms with Crippen LogP contribution in [-0.2, 0) is 16.1 Å². The largest absolute Gasteiger partial charge is 0.481 e. The standard InChI is InChI=1S/C12H13N3O3/c1-15(11(16)5-12(17)18)6-8-2-3-9-10(4-8)14-7-13-9/h2-4,7H,5-6H2,1H3,(H,13,14)(H,17,18). The smallest absolute Gasteiger partial charge is 0.312 e. The molecule has 6 nitrogen and oxygen atoms in total. The molecule has 0 fully saturated rings. The summed E-state index contributed by atoms with van der Waals surface area (Å²) in [5, 5.41) is 8.55. The molecule has 2 rings (SSSR count). The van der Waals surface area contributed by atoms with Crippen molar-refractivity contribution < 1.29 is 14.7 Å². The first kappa shape index (κ1) is 12.1. The fraction of sp³-hybridized carbons (Fsp3) is 0.250. The van der Waals surface area contributed by atoms with Crippen LogP contribution in [0.25, 0.3) is 11.0 Å². The number of carboxylic acid groups (broad SMARTS) is 1. The molecule has 0 radical (unpaired) electrons. The molecule has 2 N–H and O–H groups in total. The van der Waals surface area contributed by atoms with Gasteiger partial charge >= 0.3 is 5.97 Å². The van der Waals surface area contributed by atoms with E-state index in [0.717, 1.165) is 16.6 Å². The van der Waals surface area contributed by atoms with Crippen molar-refractivity contribution in [2.75, 3.05) is 7.05 Å². The number of hydrogen-bond donors (Lipinski definition) is 2. The van der Waals surface area contributed by atoms with E-state index in [2.05, 4.69) is 9.97 Å². The molecule has 0 atom stereocenters. The van der Waals surface area contributed by atoms with Gasteiger partial charge in [0.05, 0.1) is 17.4 Å². The highest BCUT2D eigenvalue weighted by Gasteiger charge is 2.13. The second-order valence-corrected chi connectivity index (χ2v) is 4.07. The molecule has 0 aliphatic heterocycles. The lowest BCUT2D eigenvalue weighted by Gasteiger charge is -2.16. The van der Waals surface area contributed by atoms with Gasteiger partial charge in [-0.2, -0.15) is 0 Å². The third kappa shape index (κ3) is 2.65. The summed E-state index contributed by atoms with van der Waals surface area (Å²) in [4.78, 5) is 30.4. The van der Waals surface area contributed by atoms with E-state index in [1.807, 2.05) is 18.2 Å². The van der Waals surface area contributed by atoms with Gasteiger partial charge in [0.15, 0.2) is 0 Å². The van der Waals surface area contributed by atoms with E-state index in [4.69, 9.17) is 5.11 Å². The molecule has 1 aromatic carbocycles. The van der Waals surface area contributed by atoms with Crippen LogP contribution in [0.1, 0.15) is 12.0 Å². The van der Waals surface area contributed by atoms with Crippen LogP contribution in [-0.4, -0.2) is 38.9 Å². The van der Waals surface area contributed by atoms with Crippen LogP contribution in [0, 0.1) is 0 Å². The number of carboxylic acids is 1. The molecule has 1 heterocycles. The summed E-state index contributed by atoms with van der Waals surface area (Å²) >= 11 is 0. The van der Waals surface area contributed by atoms with Crippen LogP contribution in [0.15, 0.2) is 24.5 Å². The Morgan fingerprint density at radius 1 is 1.44 bits per heavy atom. The van der Waals surface area contributed by atoms with Crippen molar-refractivity contribution in [1.29, 1.82) is 0 Å². The van der Waals surface area contributed by atoms with Crippen LogP contribution < -0.4 is 0 Å². The highest BCUT2D eigenvalue weighted by atomic mass is 16.4. The zero-order valence-electron chi connectivity index (χ0n) is 9.88. The zero-order chi connectivity index (χ0) is 13.1. The monoisotopic (exact) mass is 247 g/mol. The predicted octanol–water partition coefficient (Wildman–Crippen LogP) is 0.996. The number of aromatic nitrogens is 2. The SMILES string of the molecule is CN(Cc1ccc2nc[nH]c2c1)C(=O)CC(=O)O. The van der Waals surface area contributed by atoms with E-state index in [0.29, 0.717) is 6.54 Å². The van der Waals surface area contributed by atoms with E-state index in [1.54, 1.807) is 13.4 Å². The van der Waals surface area contributed by atoms with Gasteiger partial charge in [-0.05, 0) is 17.7 Å². The lowest BCUT2D eigenvalue weighted by atomic mass is 10.2. The minimum atomic E-state index is -1.11. The van der Waals surface area contributed by atoms with Gasteiger partial charge in [-0.3, -0.25) is 9.59 Å². The summed E-state index contributed by atoms with van der Waals surface area (Å²) in [7, 11) is 1.59. The number of nitrogens with one attached hydrogen (secondary N) is 1. The van der Waals surface area contributed by atoms with Crippen LogP contribution in [0.4, 0.5) is 0 Å². The summed E-state index contributed by atoms with van der Waals surface area (Å²) in [5.41, 5.74) is 2.68. The third-order valence-corrected chi connectivity index (χ3v) is 2.63. The summed E-state index contributed by atoms with van der Waals surface area (Å²) in [6.07, 6.45) is 1.12. The van der Waals surface area contributed by atoms with Gasteiger partial charge in [-0.1, -0.05) is 6.07 Å². The normalized spacial score (nSPS) is 10.5. The summed E-state index contributed by atoms with van der Waals surface area (Å²) in [6, 6.07) is 5.62. The molecule has 0 aliphatic carbocycles. The Hall–Kier alpha value is -2.37. The molecule has 0 saturated heterocycles. The van der Waals surface area contributed by atoms with Crippen LogP contribution in [0.2, 0.25) is 0 Å². The topological polar surface area (TPSA) is 86.3 Å². The van der Waals surface area contributed by atoms with Gasteiger partial charge in [-0.15, -0.1) is 0 Å². The van der Waals surface area contributed by atoms with Crippen LogP contribution >= 0.6 is 0 Å². The fourth-order valence-corrected chi connectivity index (χ4v) is 1.71. The summed E-state index contributed by atoms with van der Waals surface area (Å²) in [5.74, 6) is -1.52. The van der Waals surface area contributed by atoms with E-state index >= 15 is 0 Å². The molecular formula is C12H13N3O3. The zero-order valence-corrected chi connectivity index (χ0v) is 9.88. The highest BCUT2D eigenvalue weighted by molar-refractivity contribution is 5.93. The number of hydrogen-bond acceptors (Lipinski definition) is 3. The Kier molecular flexibility index (Phi) is 3.27. The van der Waals surface area contributed by atoms with Crippen molar-refractivity contribution in [2.24, 2.45) is 0 Å². The number of fused-ring (bicyclic) bond motifs is 1. The maximum atomic E-state index is 11.5. The van der Waals surface area contributed by atoms with Gasteiger partial charge in [-0.25, -0.2) is 4.98 Å². The van der Waals surface area contributed by atoms with Crippen molar-refractivity contribution in [3.63, 3.8) is 0 Å². The molecule has 94 valence electrons. The maximum absolute atomic E-state index is 11.5. The van der Waals surface area contributed by atoms with Gasteiger partial charge in [0.25, 0.3) is 0 Å². The number of amides is 1. The lowest BCUT2D eigenvalue weighted by molar-refractivity contribution is -0.143. The average Bonchev–Trinajstić information content (AvgIpc) is 2.75. The first-order valence-corrected chi connectivity index (χ1v) is 5.44. The fourth-order valence-electron chi connectivity index (χ4n) is 1.71. The molecule has 2 aromatic rings. The maximum Gasteiger partial charge on any atom is 0.312 e. The van der Waals surface area contributed by atoms with Crippen molar-refractivity contribution in [1.82, 2.24) is 14.9 Å². The molecule has 6 heteroatoms. The molecule has 0 aliphatic rings. The van der Waals surface area contributed by atoms with E-state index in [1.165, 1.54) is 4.90 Å². The number of carbonyl (C=O) groups excluding carboxylic acids is 1. The molecule has 0 unspecified atom stereocenters. The number of aromatic amines is 1. The minimum absolute atomic E-state index is 0.376. The molecule has 0 saturated carbocycles. The van der Waals surface area contributed by atoms with Crippen molar-refractivity contribution in [2.45, 2.75) is 13.0 Å². The number of nitrogens with zero attached hydrogens (tertiary/aromatic N) is 2. The summed E-state index contributed by atoms with van der Waals surface area (Å²) in [6.45, 7) is 0.376. The number of aliphatic carboxylic acids is 1. The van der Waals surface area contributed by atoms with Crippen molar-refractivity contribution in [3.05, 3.63) is 30.1 Å².